The van der Waals surface area contributed by atoms with Crippen molar-refractivity contribution in [1.29, 1.82) is 0 Å². The fraction of sp³-hybridized carbons (Fsp3) is 0.800. The van der Waals surface area contributed by atoms with E-state index in [1.807, 2.05) is 4.90 Å². The Hall–Kier alpha value is -1.34. The van der Waals surface area contributed by atoms with Crippen molar-refractivity contribution in [1.82, 2.24) is 10.2 Å². The van der Waals surface area contributed by atoms with Crippen molar-refractivity contribution in [2.24, 2.45) is 11.7 Å². The summed E-state index contributed by atoms with van der Waals surface area (Å²) in [5.41, 5.74) is 5.45. The lowest BCUT2D eigenvalue weighted by atomic mass is 9.94. The topological polar surface area (TPSA) is 105 Å². The highest BCUT2D eigenvalue weighted by molar-refractivity contribution is 5.71. The van der Waals surface area contributed by atoms with Gasteiger partial charge in [0.2, 0.25) is 0 Å². The first-order chi connectivity index (χ1) is 8.06. The van der Waals surface area contributed by atoms with E-state index < -0.39 is 18.0 Å². The Morgan fingerprint density at radius 3 is 2.76 bits per heavy atom. The van der Waals surface area contributed by atoms with E-state index in [0.29, 0.717) is 32.6 Å². The number of carbonyl (C=O) groups is 2. The molecule has 0 spiro atoms. The Balaban J connectivity index is 2.58. The van der Waals surface area contributed by atoms with E-state index in [9.17, 15) is 9.59 Å². The number of nitrogens with two attached hydrogens (primary N) is 1. The molecule has 1 saturated heterocycles. The predicted octanol–water partition coefficient (Wildman–Crippen LogP) is -0.924. The largest absolute Gasteiger partial charge is 0.481 e. The molecule has 1 aliphatic heterocycles. The third-order valence-corrected chi connectivity index (χ3v) is 2.83. The van der Waals surface area contributed by atoms with Crippen molar-refractivity contribution < 1.29 is 19.4 Å². The highest BCUT2D eigenvalue weighted by atomic mass is 16.5. The Bertz CT molecular complexity index is 285. The minimum Gasteiger partial charge on any atom is -0.481 e. The molecule has 1 aliphatic rings. The molecular weight excluding hydrogens is 226 g/mol. The molecule has 0 bridgehead atoms. The van der Waals surface area contributed by atoms with Crippen molar-refractivity contribution in [3.05, 3.63) is 0 Å². The highest BCUT2D eigenvalue weighted by Crippen LogP contribution is 2.17. The predicted molar refractivity (Wildman–Crippen MR) is 60.6 cm³/mol. The molecule has 0 aromatic heterocycles. The number of rotatable bonds is 4. The van der Waals surface area contributed by atoms with Crippen molar-refractivity contribution >= 4 is 12.1 Å². The summed E-state index contributed by atoms with van der Waals surface area (Å²) in [4.78, 5) is 24.0. The molecule has 1 heterocycles. The van der Waals surface area contributed by atoms with Crippen LogP contribution in [0.1, 0.15) is 6.42 Å². The first-order valence-electron chi connectivity index (χ1n) is 5.56. The van der Waals surface area contributed by atoms with E-state index in [1.54, 1.807) is 0 Å². The van der Waals surface area contributed by atoms with E-state index in [2.05, 4.69) is 10.1 Å². The first kappa shape index (κ1) is 13.7. The molecular formula is C10H19N3O4. The van der Waals surface area contributed by atoms with Gasteiger partial charge in [-0.2, -0.15) is 0 Å². The SMILES string of the molecule is COC(=O)NC1CC(C(=O)O)CN(CCN)C1. The third kappa shape index (κ3) is 4.20. The number of methoxy groups -OCH3 is 1. The second-order valence-corrected chi connectivity index (χ2v) is 4.15. The number of amides is 1. The molecule has 17 heavy (non-hydrogen) atoms. The van der Waals surface area contributed by atoms with Crippen LogP contribution in [0.15, 0.2) is 0 Å². The van der Waals surface area contributed by atoms with Gasteiger partial charge in [0.25, 0.3) is 0 Å². The summed E-state index contributed by atoms with van der Waals surface area (Å²) in [5, 5.41) is 11.7. The molecule has 4 N–H and O–H groups in total. The van der Waals surface area contributed by atoms with E-state index in [1.165, 1.54) is 7.11 Å². The standard InChI is InChI=1S/C10H19N3O4/c1-17-10(16)12-8-4-7(9(14)15)5-13(6-8)3-2-11/h7-8H,2-6,11H2,1H3,(H,12,16)(H,14,15). The quantitative estimate of drug-likeness (QED) is 0.591. The van der Waals surface area contributed by atoms with Crippen LogP contribution in [0.2, 0.25) is 0 Å². The second-order valence-electron chi connectivity index (χ2n) is 4.15. The number of carbonyl (C=O) groups excluding carboxylic acids is 1. The van der Waals surface area contributed by atoms with Gasteiger partial charge in [-0.3, -0.25) is 9.69 Å². The summed E-state index contributed by atoms with van der Waals surface area (Å²) < 4.78 is 4.50. The van der Waals surface area contributed by atoms with Crippen LogP contribution in [0.4, 0.5) is 4.79 Å². The Labute approximate surface area is 99.9 Å². The number of aliphatic carboxylic acids is 1. The number of hydrogen-bond donors (Lipinski definition) is 3. The summed E-state index contributed by atoms with van der Waals surface area (Å²) in [6.07, 6.45) is -0.111. The maximum absolute atomic E-state index is 11.1. The van der Waals surface area contributed by atoms with Crippen LogP contribution in [-0.4, -0.2) is 61.4 Å². The van der Waals surface area contributed by atoms with E-state index in [-0.39, 0.29) is 6.04 Å². The zero-order valence-corrected chi connectivity index (χ0v) is 9.89. The first-order valence-corrected chi connectivity index (χ1v) is 5.56. The second kappa shape index (κ2) is 6.41. The van der Waals surface area contributed by atoms with Gasteiger partial charge in [0, 0.05) is 32.2 Å². The minimum atomic E-state index is -0.844. The number of alkyl carbamates (subject to hydrolysis) is 1. The molecule has 1 amide bonds. The number of ether oxygens (including phenoxy) is 1. The Morgan fingerprint density at radius 2 is 2.24 bits per heavy atom. The van der Waals surface area contributed by atoms with E-state index in [4.69, 9.17) is 10.8 Å². The molecule has 1 rings (SSSR count). The summed E-state index contributed by atoms with van der Waals surface area (Å²) in [7, 11) is 1.28. The zero-order valence-electron chi connectivity index (χ0n) is 9.89. The maximum Gasteiger partial charge on any atom is 0.407 e. The van der Waals surface area contributed by atoms with Gasteiger partial charge in [0.1, 0.15) is 0 Å². The minimum absolute atomic E-state index is 0.205. The lowest BCUT2D eigenvalue weighted by Crippen LogP contribution is -2.53. The van der Waals surface area contributed by atoms with Crippen LogP contribution in [0, 0.1) is 5.92 Å². The van der Waals surface area contributed by atoms with Gasteiger partial charge in [-0.05, 0) is 6.42 Å². The zero-order chi connectivity index (χ0) is 12.8. The van der Waals surface area contributed by atoms with Crippen LogP contribution >= 0.6 is 0 Å². The van der Waals surface area contributed by atoms with Crippen LogP contribution in [0.25, 0.3) is 0 Å². The van der Waals surface area contributed by atoms with Gasteiger partial charge in [0.05, 0.1) is 13.0 Å². The van der Waals surface area contributed by atoms with Gasteiger partial charge in [-0.25, -0.2) is 4.79 Å². The number of hydrogen-bond acceptors (Lipinski definition) is 5. The van der Waals surface area contributed by atoms with E-state index in [0.717, 1.165) is 0 Å². The van der Waals surface area contributed by atoms with Gasteiger partial charge in [-0.15, -0.1) is 0 Å². The van der Waals surface area contributed by atoms with Crippen molar-refractivity contribution in [3.8, 4) is 0 Å². The number of piperidine rings is 1. The fourth-order valence-corrected chi connectivity index (χ4v) is 2.06. The number of carboxylic acid groups (broad SMARTS) is 1. The molecule has 2 unspecified atom stereocenters. The van der Waals surface area contributed by atoms with Crippen LogP contribution in [0.5, 0.6) is 0 Å². The van der Waals surface area contributed by atoms with Crippen molar-refractivity contribution in [2.75, 3.05) is 33.3 Å². The highest BCUT2D eigenvalue weighted by Gasteiger charge is 2.31. The van der Waals surface area contributed by atoms with Gasteiger partial charge in [-0.1, -0.05) is 0 Å². The number of nitrogens with zero attached hydrogens (tertiary/aromatic N) is 1. The lowest BCUT2D eigenvalue weighted by molar-refractivity contribution is -0.144. The number of likely N-dealkylation sites (tertiary alicyclic amines) is 1. The molecule has 98 valence electrons. The maximum atomic E-state index is 11.1. The van der Waals surface area contributed by atoms with E-state index >= 15 is 0 Å². The van der Waals surface area contributed by atoms with Crippen molar-refractivity contribution in [2.45, 2.75) is 12.5 Å². The molecule has 0 aromatic carbocycles. The fourth-order valence-electron chi connectivity index (χ4n) is 2.06. The van der Waals surface area contributed by atoms with Crippen LogP contribution in [-0.2, 0) is 9.53 Å². The van der Waals surface area contributed by atoms with Crippen LogP contribution < -0.4 is 11.1 Å². The molecule has 0 radical (unpaired) electrons. The summed E-state index contributed by atoms with van der Waals surface area (Å²) in [6.45, 7) is 2.18. The smallest absolute Gasteiger partial charge is 0.407 e. The summed E-state index contributed by atoms with van der Waals surface area (Å²) in [6, 6.07) is -0.205. The average Bonchev–Trinajstić information content (AvgIpc) is 2.29. The molecule has 7 nitrogen and oxygen atoms in total. The van der Waals surface area contributed by atoms with Gasteiger partial charge < -0.3 is 20.9 Å². The summed E-state index contributed by atoms with van der Waals surface area (Å²) in [5.74, 6) is -1.32. The van der Waals surface area contributed by atoms with Gasteiger partial charge >= 0.3 is 12.1 Å². The number of carboxylic acids is 1. The lowest BCUT2D eigenvalue weighted by Gasteiger charge is -2.35. The molecule has 0 aliphatic carbocycles. The third-order valence-electron chi connectivity index (χ3n) is 2.83. The molecule has 7 heteroatoms. The molecule has 0 aromatic rings. The monoisotopic (exact) mass is 245 g/mol. The average molecular weight is 245 g/mol. The Kier molecular flexibility index (Phi) is 5.17. The summed E-state index contributed by atoms with van der Waals surface area (Å²) >= 11 is 0. The van der Waals surface area contributed by atoms with Crippen LogP contribution in [0.3, 0.4) is 0 Å². The molecule has 1 fully saturated rings. The molecule has 0 saturated carbocycles. The Morgan fingerprint density at radius 1 is 1.53 bits per heavy atom. The van der Waals surface area contributed by atoms with Crippen molar-refractivity contribution in [3.63, 3.8) is 0 Å². The molecule has 2 atom stereocenters. The normalized spacial score (nSPS) is 25.3. The van der Waals surface area contributed by atoms with Gasteiger partial charge in [0.15, 0.2) is 0 Å². The number of nitrogens with one attached hydrogen (secondary N) is 1.